The molecule has 3 rings (SSSR count). The Morgan fingerprint density at radius 2 is 1.66 bits per heavy atom. The van der Waals surface area contributed by atoms with Crippen molar-refractivity contribution in [3.63, 3.8) is 0 Å². The van der Waals surface area contributed by atoms with Gasteiger partial charge < -0.3 is 15.0 Å². The fourth-order valence-corrected chi connectivity index (χ4v) is 5.96. The molecule has 0 aromatic heterocycles. The highest BCUT2D eigenvalue weighted by atomic mass is 35.5. The second-order valence-electron chi connectivity index (χ2n) is 9.75. The van der Waals surface area contributed by atoms with Crippen LogP contribution in [-0.2, 0) is 26.2 Å². The lowest BCUT2D eigenvalue weighted by Crippen LogP contribution is -2.52. The number of hydrogen-bond donors (Lipinski definition) is 1. The predicted molar refractivity (Wildman–Crippen MR) is 163 cm³/mol. The summed E-state index contributed by atoms with van der Waals surface area (Å²) >= 11 is 12.5. The van der Waals surface area contributed by atoms with E-state index in [1.807, 2.05) is 20.8 Å². The number of nitrogens with one attached hydrogen (secondary N) is 1. The molecule has 0 unspecified atom stereocenters. The van der Waals surface area contributed by atoms with Crippen LogP contribution in [0.1, 0.15) is 38.3 Å². The number of anilines is 1. The predicted octanol–water partition coefficient (Wildman–Crippen LogP) is 5.84. The molecule has 0 saturated heterocycles. The molecule has 41 heavy (non-hydrogen) atoms. The van der Waals surface area contributed by atoms with Crippen LogP contribution in [0, 0.1) is 6.92 Å². The summed E-state index contributed by atoms with van der Waals surface area (Å²) in [6.45, 7) is 6.61. The van der Waals surface area contributed by atoms with Gasteiger partial charge in [-0.3, -0.25) is 13.9 Å². The van der Waals surface area contributed by atoms with Crippen molar-refractivity contribution >= 4 is 50.7 Å². The molecule has 8 nitrogen and oxygen atoms in total. The van der Waals surface area contributed by atoms with Crippen molar-refractivity contribution < 1.29 is 22.7 Å². The zero-order chi connectivity index (χ0) is 30.3. The molecule has 0 heterocycles. The first-order valence-electron chi connectivity index (χ1n) is 13.1. The third-order valence-corrected chi connectivity index (χ3v) is 9.13. The molecule has 1 N–H and O–H groups in total. The quantitative estimate of drug-likeness (QED) is 0.275. The van der Waals surface area contributed by atoms with E-state index in [9.17, 15) is 18.0 Å². The van der Waals surface area contributed by atoms with E-state index in [4.69, 9.17) is 27.9 Å². The minimum atomic E-state index is -4.23. The van der Waals surface area contributed by atoms with Gasteiger partial charge in [0.1, 0.15) is 18.3 Å². The van der Waals surface area contributed by atoms with Crippen LogP contribution in [0.25, 0.3) is 0 Å². The Kier molecular flexibility index (Phi) is 11.1. The van der Waals surface area contributed by atoms with Crippen LogP contribution in [0.4, 0.5) is 5.69 Å². The molecule has 0 fully saturated rings. The van der Waals surface area contributed by atoms with E-state index < -0.39 is 28.5 Å². The molecule has 0 bridgehead atoms. The smallest absolute Gasteiger partial charge is 0.264 e. The van der Waals surface area contributed by atoms with Crippen molar-refractivity contribution in [1.29, 1.82) is 0 Å². The van der Waals surface area contributed by atoms with Gasteiger partial charge in [-0.15, -0.1) is 0 Å². The molecule has 0 aliphatic heterocycles. The van der Waals surface area contributed by atoms with Gasteiger partial charge in [0.15, 0.2) is 0 Å². The number of rotatable bonds is 12. The first-order valence-corrected chi connectivity index (χ1v) is 15.3. The molecule has 3 aromatic carbocycles. The van der Waals surface area contributed by atoms with Gasteiger partial charge >= 0.3 is 0 Å². The highest BCUT2D eigenvalue weighted by Gasteiger charge is 2.34. The number of halogens is 2. The van der Waals surface area contributed by atoms with Crippen molar-refractivity contribution in [2.24, 2.45) is 0 Å². The molecule has 11 heteroatoms. The number of carbonyl (C=O) groups excluding carboxylic acids is 2. The Labute approximate surface area is 252 Å². The second kappa shape index (κ2) is 14.1. The van der Waals surface area contributed by atoms with Crippen molar-refractivity contribution in [1.82, 2.24) is 10.2 Å². The normalized spacial score (nSPS) is 12.8. The SMILES string of the molecule is CC[C@@H](C)NC(=O)[C@H](C)N(Cc1ccc(Cl)cc1Cl)C(=O)CN(c1ccccc1OC)S(=O)(=O)c1ccc(C)cc1. The highest BCUT2D eigenvalue weighted by molar-refractivity contribution is 7.92. The van der Waals surface area contributed by atoms with Gasteiger partial charge in [-0.25, -0.2) is 8.42 Å². The number of hydrogen-bond acceptors (Lipinski definition) is 5. The van der Waals surface area contributed by atoms with E-state index in [-0.39, 0.29) is 34.8 Å². The van der Waals surface area contributed by atoms with Crippen LogP contribution in [0.3, 0.4) is 0 Å². The maximum absolute atomic E-state index is 14.1. The Morgan fingerprint density at radius 3 is 2.27 bits per heavy atom. The molecule has 2 amide bonds. The fraction of sp³-hybridized carbons (Fsp3) is 0.333. The Balaban J connectivity index is 2.08. The maximum atomic E-state index is 14.1. The zero-order valence-corrected chi connectivity index (χ0v) is 26.1. The summed E-state index contributed by atoms with van der Waals surface area (Å²) in [6, 6.07) is 16.7. The average Bonchev–Trinajstić information content (AvgIpc) is 2.95. The van der Waals surface area contributed by atoms with Gasteiger partial charge in [-0.05, 0) is 69.2 Å². The Hall–Kier alpha value is -3.27. The maximum Gasteiger partial charge on any atom is 0.264 e. The molecule has 2 atom stereocenters. The number of para-hydroxylation sites is 2. The summed E-state index contributed by atoms with van der Waals surface area (Å²) in [7, 11) is -2.80. The summed E-state index contributed by atoms with van der Waals surface area (Å²) in [5.41, 5.74) is 1.62. The first kappa shape index (κ1) is 32.2. The molecular weight excluding hydrogens is 585 g/mol. The van der Waals surface area contributed by atoms with Crippen LogP contribution in [-0.4, -0.2) is 50.9 Å². The molecule has 0 radical (unpaired) electrons. The third kappa shape index (κ3) is 7.93. The van der Waals surface area contributed by atoms with Crippen LogP contribution in [0.15, 0.2) is 71.6 Å². The summed E-state index contributed by atoms with van der Waals surface area (Å²) in [5, 5.41) is 3.64. The molecule has 0 aliphatic rings. The summed E-state index contributed by atoms with van der Waals surface area (Å²) in [6.07, 6.45) is 0.700. The molecule has 0 saturated carbocycles. The molecule has 0 spiro atoms. The van der Waals surface area contributed by atoms with Crippen LogP contribution in [0.2, 0.25) is 10.0 Å². The Bertz CT molecular complexity index is 1480. The van der Waals surface area contributed by atoms with Gasteiger partial charge in [-0.2, -0.15) is 0 Å². The molecule has 220 valence electrons. The van der Waals surface area contributed by atoms with E-state index in [2.05, 4.69) is 5.32 Å². The lowest BCUT2D eigenvalue weighted by molar-refractivity contribution is -0.139. The zero-order valence-electron chi connectivity index (χ0n) is 23.7. The van der Waals surface area contributed by atoms with E-state index in [1.54, 1.807) is 61.5 Å². The van der Waals surface area contributed by atoms with Crippen molar-refractivity contribution in [2.75, 3.05) is 18.0 Å². The second-order valence-corrected chi connectivity index (χ2v) is 12.5. The number of sulfonamides is 1. The third-order valence-electron chi connectivity index (χ3n) is 6.77. The minimum Gasteiger partial charge on any atom is -0.495 e. The van der Waals surface area contributed by atoms with Crippen molar-refractivity contribution in [3.05, 3.63) is 87.9 Å². The minimum absolute atomic E-state index is 0.0108. The first-order chi connectivity index (χ1) is 19.4. The lowest BCUT2D eigenvalue weighted by Gasteiger charge is -2.33. The van der Waals surface area contributed by atoms with Crippen molar-refractivity contribution in [3.8, 4) is 5.75 Å². The van der Waals surface area contributed by atoms with Crippen molar-refractivity contribution in [2.45, 2.75) is 57.6 Å². The van der Waals surface area contributed by atoms with Gasteiger partial charge in [0.2, 0.25) is 11.8 Å². The van der Waals surface area contributed by atoms with E-state index >= 15 is 0 Å². The van der Waals surface area contributed by atoms with Gasteiger partial charge in [0.25, 0.3) is 10.0 Å². The van der Waals surface area contributed by atoms with E-state index in [0.717, 1.165) is 9.87 Å². The van der Waals surface area contributed by atoms with E-state index in [1.165, 1.54) is 24.1 Å². The van der Waals surface area contributed by atoms with Crippen LogP contribution >= 0.6 is 23.2 Å². The number of ether oxygens (including phenoxy) is 1. The summed E-state index contributed by atoms with van der Waals surface area (Å²) in [4.78, 5) is 28.6. The number of aryl methyl sites for hydroxylation is 1. The van der Waals surface area contributed by atoms with E-state index in [0.29, 0.717) is 22.0 Å². The average molecular weight is 621 g/mol. The van der Waals surface area contributed by atoms with Crippen LogP contribution < -0.4 is 14.4 Å². The summed E-state index contributed by atoms with van der Waals surface area (Å²) in [5.74, 6) is -0.710. The molecular formula is C30H35Cl2N3O5S. The standard InChI is InChI=1S/C30H35Cl2N3O5S/c1-6-21(3)33-30(37)22(4)34(18-23-13-14-24(31)17-26(23)32)29(36)19-35(27-9-7-8-10-28(27)40-5)41(38,39)25-15-11-20(2)12-16-25/h7-17,21-22H,6,18-19H2,1-5H3,(H,33,37)/t21-,22+/m1/s1. The van der Waals surface area contributed by atoms with Gasteiger partial charge in [0.05, 0.1) is 17.7 Å². The molecule has 3 aromatic rings. The number of methoxy groups -OCH3 is 1. The van der Waals surface area contributed by atoms with Crippen LogP contribution in [0.5, 0.6) is 5.75 Å². The van der Waals surface area contributed by atoms with Gasteiger partial charge in [-0.1, -0.05) is 66.0 Å². The number of benzene rings is 3. The highest BCUT2D eigenvalue weighted by Crippen LogP contribution is 2.33. The number of carbonyl (C=O) groups is 2. The number of amides is 2. The monoisotopic (exact) mass is 619 g/mol. The summed E-state index contributed by atoms with van der Waals surface area (Å²) < 4.78 is 34.5. The Morgan fingerprint density at radius 1 is 1.00 bits per heavy atom. The fourth-order valence-electron chi connectivity index (χ4n) is 4.07. The largest absolute Gasteiger partial charge is 0.495 e. The van der Waals surface area contributed by atoms with Gasteiger partial charge in [0, 0.05) is 22.6 Å². The topological polar surface area (TPSA) is 96.0 Å². The molecule has 0 aliphatic carbocycles. The lowest BCUT2D eigenvalue weighted by atomic mass is 10.1. The number of nitrogens with zero attached hydrogens (tertiary/aromatic N) is 2.